The van der Waals surface area contributed by atoms with E-state index in [1.807, 2.05) is 18.2 Å². The fourth-order valence-electron chi connectivity index (χ4n) is 2.81. The molecule has 0 bridgehead atoms. The Bertz CT molecular complexity index is 486. The summed E-state index contributed by atoms with van der Waals surface area (Å²) in [5.74, 6) is -0.159. The Kier molecular flexibility index (Phi) is 4.62. The lowest BCUT2D eigenvalue weighted by Crippen LogP contribution is -2.36. The van der Waals surface area contributed by atoms with Crippen LogP contribution in [0.15, 0.2) is 18.2 Å². The van der Waals surface area contributed by atoms with Gasteiger partial charge in [0.15, 0.2) is 0 Å². The fraction of sp³-hybridized carbons (Fsp3) is 0.533. The van der Waals surface area contributed by atoms with E-state index in [-0.39, 0.29) is 12.5 Å². The highest BCUT2D eigenvalue weighted by Crippen LogP contribution is 2.33. The van der Waals surface area contributed by atoms with Gasteiger partial charge in [0.25, 0.3) is 0 Å². The first kappa shape index (κ1) is 14.8. The van der Waals surface area contributed by atoms with Gasteiger partial charge in [-0.1, -0.05) is 19.9 Å². The summed E-state index contributed by atoms with van der Waals surface area (Å²) < 4.78 is 0. The molecule has 1 heterocycles. The van der Waals surface area contributed by atoms with E-state index < -0.39 is 6.04 Å². The van der Waals surface area contributed by atoms with Crippen molar-refractivity contribution in [3.8, 4) is 0 Å². The van der Waals surface area contributed by atoms with E-state index in [0.717, 1.165) is 29.8 Å². The number of carbonyl (C=O) groups excluding carboxylic acids is 1. The van der Waals surface area contributed by atoms with Gasteiger partial charge in [-0.05, 0) is 25.0 Å². The van der Waals surface area contributed by atoms with E-state index in [1.165, 1.54) is 0 Å². The van der Waals surface area contributed by atoms with Crippen molar-refractivity contribution < 1.29 is 9.90 Å². The number of amides is 1. The van der Waals surface area contributed by atoms with Gasteiger partial charge in [-0.15, -0.1) is 0 Å². The minimum Gasteiger partial charge on any atom is -0.395 e. The summed E-state index contributed by atoms with van der Waals surface area (Å²) in [5, 5.41) is 12.1. The Morgan fingerprint density at radius 1 is 1.40 bits per heavy atom. The molecule has 1 aromatic carbocycles. The van der Waals surface area contributed by atoms with Crippen molar-refractivity contribution >= 4 is 17.3 Å². The highest BCUT2D eigenvalue weighted by atomic mass is 16.3. The van der Waals surface area contributed by atoms with Crippen molar-refractivity contribution in [2.45, 2.75) is 38.8 Å². The molecule has 5 heteroatoms. The van der Waals surface area contributed by atoms with Gasteiger partial charge in [0, 0.05) is 29.5 Å². The SMILES string of the molecule is CCC(CC)N(CCO)c1ccc2c(c1)NC(=O)C2N. The van der Waals surface area contributed by atoms with Gasteiger partial charge in [-0.25, -0.2) is 0 Å². The van der Waals surface area contributed by atoms with Crippen molar-refractivity contribution in [3.05, 3.63) is 23.8 Å². The van der Waals surface area contributed by atoms with Crippen LogP contribution in [0.4, 0.5) is 11.4 Å². The van der Waals surface area contributed by atoms with E-state index >= 15 is 0 Å². The zero-order chi connectivity index (χ0) is 14.7. The molecule has 1 aliphatic heterocycles. The maximum atomic E-state index is 11.6. The summed E-state index contributed by atoms with van der Waals surface area (Å²) in [6.07, 6.45) is 2.03. The quantitative estimate of drug-likeness (QED) is 0.738. The van der Waals surface area contributed by atoms with Crippen molar-refractivity contribution in [1.82, 2.24) is 0 Å². The number of aliphatic hydroxyl groups is 1. The normalized spacial score (nSPS) is 17.2. The Hall–Kier alpha value is -1.59. The molecule has 1 amide bonds. The second-order valence-electron chi connectivity index (χ2n) is 5.13. The molecule has 1 atom stereocenters. The number of aliphatic hydroxyl groups excluding tert-OH is 1. The van der Waals surface area contributed by atoms with Gasteiger partial charge in [0.1, 0.15) is 6.04 Å². The monoisotopic (exact) mass is 277 g/mol. The van der Waals surface area contributed by atoms with Gasteiger partial charge in [0.2, 0.25) is 5.91 Å². The number of nitrogens with one attached hydrogen (secondary N) is 1. The smallest absolute Gasteiger partial charge is 0.245 e. The lowest BCUT2D eigenvalue weighted by Gasteiger charge is -2.32. The van der Waals surface area contributed by atoms with Crippen molar-refractivity contribution in [2.75, 3.05) is 23.4 Å². The number of carbonyl (C=O) groups is 1. The lowest BCUT2D eigenvalue weighted by atomic mass is 10.1. The Labute approximate surface area is 119 Å². The number of benzene rings is 1. The summed E-state index contributed by atoms with van der Waals surface area (Å²) in [4.78, 5) is 13.8. The second-order valence-corrected chi connectivity index (χ2v) is 5.13. The standard InChI is InChI=1S/C15H23N3O2/c1-3-10(4-2)18(7-8-19)11-5-6-12-13(9-11)17-15(20)14(12)16/h5-6,9-10,14,19H,3-4,7-8,16H2,1-2H3,(H,17,20). The van der Waals surface area contributed by atoms with Crippen LogP contribution in [0, 0.1) is 0 Å². The van der Waals surface area contributed by atoms with Gasteiger partial charge >= 0.3 is 0 Å². The predicted octanol–water partition coefficient (Wildman–Crippen LogP) is 1.63. The molecule has 1 aliphatic rings. The van der Waals surface area contributed by atoms with Crippen LogP contribution in [0.1, 0.15) is 38.3 Å². The molecular weight excluding hydrogens is 254 g/mol. The van der Waals surface area contributed by atoms with E-state index in [0.29, 0.717) is 12.6 Å². The third kappa shape index (κ3) is 2.64. The summed E-state index contributed by atoms with van der Waals surface area (Å²) in [6, 6.07) is 5.64. The molecule has 0 aliphatic carbocycles. The molecule has 4 N–H and O–H groups in total. The van der Waals surface area contributed by atoms with E-state index in [9.17, 15) is 9.90 Å². The average Bonchev–Trinajstić information content (AvgIpc) is 2.74. The van der Waals surface area contributed by atoms with E-state index in [2.05, 4.69) is 24.1 Å². The number of nitrogens with zero attached hydrogens (tertiary/aromatic N) is 1. The van der Waals surface area contributed by atoms with E-state index in [4.69, 9.17) is 5.73 Å². The second kappa shape index (κ2) is 6.24. The lowest BCUT2D eigenvalue weighted by molar-refractivity contribution is -0.116. The van der Waals surface area contributed by atoms with Crippen LogP contribution in [0.5, 0.6) is 0 Å². The number of hydrogen-bond acceptors (Lipinski definition) is 4. The number of nitrogens with two attached hydrogens (primary N) is 1. The predicted molar refractivity (Wildman–Crippen MR) is 80.8 cm³/mol. The van der Waals surface area contributed by atoms with Crippen LogP contribution in [0.3, 0.4) is 0 Å². The fourth-order valence-corrected chi connectivity index (χ4v) is 2.81. The first-order valence-corrected chi connectivity index (χ1v) is 7.20. The van der Waals surface area contributed by atoms with Gasteiger partial charge in [-0.3, -0.25) is 4.79 Å². The van der Waals surface area contributed by atoms with Crippen LogP contribution in [-0.2, 0) is 4.79 Å². The first-order chi connectivity index (χ1) is 9.62. The molecule has 0 saturated heterocycles. The largest absolute Gasteiger partial charge is 0.395 e. The number of fused-ring (bicyclic) bond motifs is 1. The molecule has 0 spiro atoms. The molecular formula is C15H23N3O2. The molecule has 5 nitrogen and oxygen atoms in total. The topological polar surface area (TPSA) is 78.6 Å². The maximum absolute atomic E-state index is 11.6. The first-order valence-electron chi connectivity index (χ1n) is 7.20. The number of hydrogen-bond donors (Lipinski definition) is 3. The zero-order valence-corrected chi connectivity index (χ0v) is 12.1. The minimum atomic E-state index is -0.571. The third-order valence-electron chi connectivity index (χ3n) is 3.97. The van der Waals surface area contributed by atoms with Crippen molar-refractivity contribution in [1.29, 1.82) is 0 Å². The zero-order valence-electron chi connectivity index (χ0n) is 12.1. The molecule has 0 saturated carbocycles. The van der Waals surface area contributed by atoms with Crippen LogP contribution in [0.25, 0.3) is 0 Å². The number of anilines is 2. The van der Waals surface area contributed by atoms with Crippen LogP contribution >= 0.6 is 0 Å². The Morgan fingerprint density at radius 3 is 2.70 bits per heavy atom. The molecule has 1 aromatic rings. The molecule has 20 heavy (non-hydrogen) atoms. The number of rotatable bonds is 6. The molecule has 1 unspecified atom stereocenters. The highest BCUT2D eigenvalue weighted by Gasteiger charge is 2.28. The Morgan fingerprint density at radius 2 is 2.10 bits per heavy atom. The summed E-state index contributed by atoms with van der Waals surface area (Å²) in [6.45, 7) is 4.98. The van der Waals surface area contributed by atoms with Crippen molar-refractivity contribution in [2.24, 2.45) is 5.73 Å². The highest BCUT2D eigenvalue weighted by molar-refractivity contribution is 6.02. The van der Waals surface area contributed by atoms with Crippen LogP contribution in [-0.4, -0.2) is 30.2 Å². The average molecular weight is 277 g/mol. The third-order valence-corrected chi connectivity index (χ3v) is 3.97. The molecule has 110 valence electrons. The van der Waals surface area contributed by atoms with Gasteiger partial charge < -0.3 is 21.1 Å². The van der Waals surface area contributed by atoms with Crippen LogP contribution in [0.2, 0.25) is 0 Å². The summed E-state index contributed by atoms with van der Waals surface area (Å²) >= 11 is 0. The van der Waals surface area contributed by atoms with Gasteiger partial charge in [0.05, 0.1) is 6.61 Å². The van der Waals surface area contributed by atoms with Gasteiger partial charge in [-0.2, -0.15) is 0 Å². The van der Waals surface area contributed by atoms with Crippen molar-refractivity contribution in [3.63, 3.8) is 0 Å². The minimum absolute atomic E-state index is 0.111. The molecule has 0 radical (unpaired) electrons. The maximum Gasteiger partial charge on any atom is 0.245 e. The Balaban J connectivity index is 2.31. The molecule has 0 aromatic heterocycles. The summed E-state index contributed by atoms with van der Waals surface area (Å²) in [7, 11) is 0. The van der Waals surface area contributed by atoms with E-state index in [1.54, 1.807) is 0 Å². The summed E-state index contributed by atoms with van der Waals surface area (Å²) in [5.41, 5.74) is 8.46. The molecule has 2 rings (SSSR count). The molecule has 0 fully saturated rings. The van der Waals surface area contributed by atoms with Crippen LogP contribution < -0.4 is 16.0 Å².